The van der Waals surface area contributed by atoms with Crippen LogP contribution >= 0.6 is 0 Å². The zero-order chi connectivity index (χ0) is 17.8. The molecule has 3 rings (SSSR count). The molecule has 0 aliphatic rings. The number of nitrogens with zero attached hydrogens (tertiary/aromatic N) is 3. The van der Waals surface area contributed by atoms with Gasteiger partial charge >= 0.3 is 0 Å². The summed E-state index contributed by atoms with van der Waals surface area (Å²) in [6.45, 7) is 0.214. The minimum Gasteiger partial charge on any atom is -0.395 e. The van der Waals surface area contributed by atoms with Crippen LogP contribution in [0.3, 0.4) is 0 Å². The molecule has 0 aliphatic carbocycles. The molecule has 1 aromatic heterocycles. The number of hydrogen-bond acceptors (Lipinski definition) is 6. The Balaban J connectivity index is 1.95. The first kappa shape index (κ1) is 16.6. The highest BCUT2D eigenvalue weighted by Gasteiger charge is 2.16. The number of hydrogen-bond donors (Lipinski definition) is 2. The number of nitro benzene ring substituents is 1. The molecule has 128 valence electrons. The number of carbonyl (C=O) groups is 1. The van der Waals surface area contributed by atoms with Gasteiger partial charge in [-0.3, -0.25) is 14.9 Å². The summed E-state index contributed by atoms with van der Waals surface area (Å²) in [7, 11) is 0. The molecule has 0 spiro atoms. The predicted octanol–water partition coefficient (Wildman–Crippen LogP) is 2.23. The van der Waals surface area contributed by atoms with E-state index in [1.54, 1.807) is 10.6 Å². The molecule has 1 heterocycles. The van der Waals surface area contributed by atoms with Crippen LogP contribution in [-0.4, -0.2) is 38.5 Å². The number of imidazole rings is 1. The van der Waals surface area contributed by atoms with Gasteiger partial charge in [-0.15, -0.1) is 0 Å². The summed E-state index contributed by atoms with van der Waals surface area (Å²) < 4.78 is 1.70. The minimum absolute atomic E-state index is 0.0184. The lowest BCUT2D eigenvalue weighted by Gasteiger charge is -2.09. The summed E-state index contributed by atoms with van der Waals surface area (Å²) in [6.07, 6.45) is 0. The molecule has 2 N–H and O–H groups in total. The maximum absolute atomic E-state index is 12.6. The third-order valence-corrected chi connectivity index (χ3v) is 3.73. The standard InChI is InChI=1S/C17H16N4O4/c22-9-8-18-17-19-14-6-1-2-7-15(14)20(17)11-16(23)12-4-3-5-13(10-12)21(24)25/h1-7,10,22H,8-9,11H2,(H,18,19). The van der Waals surface area contributed by atoms with Crippen LogP contribution in [0.2, 0.25) is 0 Å². The Bertz CT molecular complexity index is 935. The zero-order valence-corrected chi connectivity index (χ0v) is 13.3. The van der Waals surface area contributed by atoms with E-state index in [0.29, 0.717) is 12.5 Å². The topological polar surface area (TPSA) is 110 Å². The van der Waals surface area contributed by atoms with Gasteiger partial charge in [0.05, 0.1) is 29.1 Å². The normalized spacial score (nSPS) is 10.8. The van der Waals surface area contributed by atoms with Gasteiger partial charge in [-0.2, -0.15) is 0 Å². The maximum atomic E-state index is 12.6. The van der Waals surface area contributed by atoms with Gasteiger partial charge in [0.1, 0.15) is 0 Å². The van der Waals surface area contributed by atoms with Crippen molar-refractivity contribution in [2.45, 2.75) is 6.54 Å². The first-order valence-corrected chi connectivity index (χ1v) is 7.68. The molecule has 0 unspecified atom stereocenters. The Morgan fingerprint density at radius 3 is 2.80 bits per heavy atom. The average molecular weight is 340 g/mol. The second-order valence-corrected chi connectivity index (χ2v) is 5.39. The number of rotatable bonds is 7. The lowest BCUT2D eigenvalue weighted by atomic mass is 10.1. The van der Waals surface area contributed by atoms with Crippen molar-refractivity contribution in [3.8, 4) is 0 Å². The highest BCUT2D eigenvalue weighted by Crippen LogP contribution is 2.21. The summed E-state index contributed by atoms with van der Waals surface area (Å²) in [5, 5.41) is 22.9. The van der Waals surface area contributed by atoms with Gasteiger partial charge in [0.2, 0.25) is 5.95 Å². The number of aliphatic hydroxyl groups excluding tert-OH is 1. The van der Waals surface area contributed by atoms with Crippen molar-refractivity contribution >= 4 is 28.5 Å². The number of fused-ring (bicyclic) bond motifs is 1. The van der Waals surface area contributed by atoms with E-state index in [1.165, 1.54) is 18.2 Å². The molecule has 8 heteroatoms. The van der Waals surface area contributed by atoms with Gasteiger partial charge in [0, 0.05) is 24.2 Å². The van der Waals surface area contributed by atoms with Crippen LogP contribution in [0.5, 0.6) is 0 Å². The molecule has 25 heavy (non-hydrogen) atoms. The SMILES string of the molecule is O=C(Cn1c(NCCO)nc2ccccc21)c1cccc([N+](=O)[O-])c1. The van der Waals surface area contributed by atoms with E-state index < -0.39 is 4.92 Å². The maximum Gasteiger partial charge on any atom is 0.270 e. The van der Waals surface area contributed by atoms with E-state index in [-0.39, 0.29) is 30.2 Å². The first-order valence-electron chi connectivity index (χ1n) is 7.68. The van der Waals surface area contributed by atoms with Crippen LogP contribution in [0.1, 0.15) is 10.4 Å². The summed E-state index contributed by atoms with van der Waals surface area (Å²) in [6, 6.07) is 13.0. The molecule has 0 saturated heterocycles. The Morgan fingerprint density at radius 2 is 2.04 bits per heavy atom. The van der Waals surface area contributed by atoms with E-state index in [2.05, 4.69) is 10.3 Å². The number of nitrogens with one attached hydrogen (secondary N) is 1. The largest absolute Gasteiger partial charge is 0.395 e. The van der Waals surface area contributed by atoms with E-state index in [9.17, 15) is 14.9 Å². The Labute approximate surface area is 142 Å². The molecule has 8 nitrogen and oxygen atoms in total. The lowest BCUT2D eigenvalue weighted by molar-refractivity contribution is -0.384. The van der Waals surface area contributed by atoms with E-state index in [1.807, 2.05) is 24.3 Å². The minimum atomic E-state index is -0.530. The number of nitro groups is 1. The fourth-order valence-corrected chi connectivity index (χ4v) is 2.57. The Morgan fingerprint density at radius 1 is 1.24 bits per heavy atom. The lowest BCUT2D eigenvalue weighted by Crippen LogP contribution is -2.16. The molecule has 0 bridgehead atoms. The number of aromatic nitrogens is 2. The molecule has 3 aromatic rings. The zero-order valence-electron chi connectivity index (χ0n) is 13.3. The number of carbonyl (C=O) groups excluding carboxylic acids is 1. The molecule has 0 saturated carbocycles. The molecule has 0 aliphatic heterocycles. The second-order valence-electron chi connectivity index (χ2n) is 5.39. The monoisotopic (exact) mass is 340 g/mol. The van der Waals surface area contributed by atoms with Crippen molar-refractivity contribution in [2.24, 2.45) is 0 Å². The number of non-ortho nitro benzene ring substituents is 1. The molecular weight excluding hydrogens is 324 g/mol. The second kappa shape index (κ2) is 7.10. The molecule has 0 atom stereocenters. The van der Waals surface area contributed by atoms with Crippen molar-refractivity contribution < 1.29 is 14.8 Å². The number of para-hydroxylation sites is 2. The molecular formula is C17H16N4O4. The van der Waals surface area contributed by atoms with Crippen molar-refractivity contribution in [3.63, 3.8) is 0 Å². The van der Waals surface area contributed by atoms with Crippen molar-refractivity contribution in [1.29, 1.82) is 0 Å². The van der Waals surface area contributed by atoms with E-state index in [0.717, 1.165) is 11.0 Å². The van der Waals surface area contributed by atoms with E-state index >= 15 is 0 Å². The van der Waals surface area contributed by atoms with Gasteiger partial charge in [-0.1, -0.05) is 24.3 Å². The highest BCUT2D eigenvalue weighted by molar-refractivity contribution is 5.97. The van der Waals surface area contributed by atoms with Crippen LogP contribution in [0.4, 0.5) is 11.6 Å². The predicted molar refractivity (Wildman–Crippen MR) is 92.7 cm³/mol. The van der Waals surface area contributed by atoms with Crippen LogP contribution in [0.15, 0.2) is 48.5 Å². The Hall–Kier alpha value is -3.26. The summed E-state index contributed by atoms with van der Waals surface area (Å²) in [5.41, 5.74) is 1.62. The molecule has 0 fully saturated rings. The quantitative estimate of drug-likeness (QED) is 0.388. The fraction of sp³-hybridized carbons (Fsp3) is 0.176. The summed E-state index contributed by atoms with van der Waals surface area (Å²) in [5.74, 6) is 0.202. The van der Waals surface area contributed by atoms with Gasteiger partial charge in [0.25, 0.3) is 5.69 Å². The van der Waals surface area contributed by atoms with Crippen LogP contribution in [0, 0.1) is 10.1 Å². The van der Waals surface area contributed by atoms with Crippen molar-refractivity contribution in [1.82, 2.24) is 9.55 Å². The average Bonchev–Trinajstić information content (AvgIpc) is 2.97. The van der Waals surface area contributed by atoms with Crippen molar-refractivity contribution in [3.05, 3.63) is 64.2 Å². The van der Waals surface area contributed by atoms with Crippen molar-refractivity contribution in [2.75, 3.05) is 18.5 Å². The molecule has 0 radical (unpaired) electrons. The smallest absolute Gasteiger partial charge is 0.270 e. The van der Waals surface area contributed by atoms with Gasteiger partial charge in [0.15, 0.2) is 5.78 Å². The summed E-state index contributed by atoms with van der Waals surface area (Å²) >= 11 is 0. The van der Waals surface area contributed by atoms with E-state index in [4.69, 9.17) is 5.11 Å². The van der Waals surface area contributed by atoms with Crippen LogP contribution in [0.25, 0.3) is 11.0 Å². The number of benzene rings is 2. The fourth-order valence-electron chi connectivity index (χ4n) is 2.57. The van der Waals surface area contributed by atoms with Gasteiger partial charge < -0.3 is 15.0 Å². The number of aliphatic hydroxyl groups is 1. The number of anilines is 1. The number of Topliss-reactive ketones (excluding diaryl/α,β-unsaturated/α-hetero) is 1. The third-order valence-electron chi connectivity index (χ3n) is 3.73. The molecule has 2 aromatic carbocycles. The molecule has 0 amide bonds. The van der Waals surface area contributed by atoms with Crippen LogP contribution in [-0.2, 0) is 6.54 Å². The summed E-state index contributed by atoms with van der Waals surface area (Å²) in [4.78, 5) is 27.4. The highest BCUT2D eigenvalue weighted by atomic mass is 16.6. The third kappa shape index (κ3) is 3.48. The van der Waals surface area contributed by atoms with Crippen LogP contribution < -0.4 is 5.32 Å². The first-order chi connectivity index (χ1) is 12.1. The van der Waals surface area contributed by atoms with Gasteiger partial charge in [-0.05, 0) is 12.1 Å². The number of ketones is 1. The van der Waals surface area contributed by atoms with Gasteiger partial charge in [-0.25, -0.2) is 4.98 Å². The Kier molecular flexibility index (Phi) is 4.71.